The van der Waals surface area contributed by atoms with Crippen molar-refractivity contribution in [3.05, 3.63) is 35.6 Å². The third-order valence-corrected chi connectivity index (χ3v) is 4.45. The van der Waals surface area contributed by atoms with Crippen LogP contribution in [0.5, 0.6) is 0 Å². The van der Waals surface area contributed by atoms with Gasteiger partial charge in [-0.05, 0) is 56.3 Å². The summed E-state index contributed by atoms with van der Waals surface area (Å²) in [4.78, 5) is 0. The van der Waals surface area contributed by atoms with Crippen molar-refractivity contribution in [3.63, 3.8) is 0 Å². The van der Waals surface area contributed by atoms with E-state index in [-0.39, 0.29) is 11.7 Å². The lowest BCUT2D eigenvalue weighted by atomic mass is 9.74. The number of piperidine rings is 1. The van der Waals surface area contributed by atoms with Crippen LogP contribution in [0.15, 0.2) is 24.3 Å². The molecule has 1 saturated heterocycles. The van der Waals surface area contributed by atoms with Crippen molar-refractivity contribution >= 4 is 0 Å². The highest BCUT2D eigenvalue weighted by molar-refractivity contribution is 5.24. The van der Waals surface area contributed by atoms with Gasteiger partial charge in [0, 0.05) is 26.2 Å². The molecule has 21 heavy (non-hydrogen) atoms. The van der Waals surface area contributed by atoms with Gasteiger partial charge in [0.1, 0.15) is 5.82 Å². The van der Waals surface area contributed by atoms with Gasteiger partial charge in [-0.1, -0.05) is 12.1 Å². The van der Waals surface area contributed by atoms with Crippen LogP contribution in [0, 0.1) is 11.7 Å². The van der Waals surface area contributed by atoms with Crippen LogP contribution < -0.4 is 5.32 Å². The van der Waals surface area contributed by atoms with Gasteiger partial charge < -0.3 is 15.2 Å². The first-order valence-corrected chi connectivity index (χ1v) is 7.85. The first-order valence-electron chi connectivity index (χ1n) is 7.85. The number of unbranched alkanes of at least 4 members (excludes halogenated alkanes) is 1. The molecule has 1 aliphatic heterocycles. The van der Waals surface area contributed by atoms with Crippen molar-refractivity contribution in [1.82, 2.24) is 5.32 Å². The molecule has 2 N–H and O–H groups in total. The van der Waals surface area contributed by atoms with Crippen LogP contribution in [0.2, 0.25) is 0 Å². The number of rotatable bonds is 7. The summed E-state index contributed by atoms with van der Waals surface area (Å²) in [5.41, 5.74) is -0.253. The fraction of sp³-hybridized carbons (Fsp3) is 0.647. The molecule has 0 aromatic heterocycles. The maximum atomic E-state index is 13.6. The van der Waals surface area contributed by atoms with Gasteiger partial charge >= 0.3 is 0 Å². The van der Waals surface area contributed by atoms with Crippen molar-refractivity contribution < 1.29 is 14.2 Å². The second-order valence-electron chi connectivity index (χ2n) is 5.93. The molecule has 0 aliphatic carbocycles. The van der Waals surface area contributed by atoms with Gasteiger partial charge in [0.25, 0.3) is 0 Å². The zero-order valence-electron chi connectivity index (χ0n) is 12.8. The van der Waals surface area contributed by atoms with Crippen molar-refractivity contribution in [2.75, 3.05) is 26.8 Å². The Kier molecular flexibility index (Phi) is 6.15. The highest BCUT2D eigenvalue weighted by Crippen LogP contribution is 2.38. The summed E-state index contributed by atoms with van der Waals surface area (Å²) in [5, 5.41) is 14.6. The van der Waals surface area contributed by atoms with E-state index < -0.39 is 5.60 Å². The average molecular weight is 295 g/mol. The fourth-order valence-corrected chi connectivity index (χ4v) is 3.24. The quantitative estimate of drug-likeness (QED) is 0.760. The molecule has 1 aliphatic rings. The molecule has 0 saturated carbocycles. The number of hydrogen-bond donors (Lipinski definition) is 2. The molecule has 4 heteroatoms. The molecule has 0 amide bonds. The summed E-state index contributed by atoms with van der Waals surface area (Å²) < 4.78 is 18.6. The molecule has 2 atom stereocenters. The van der Waals surface area contributed by atoms with Crippen LogP contribution in [-0.4, -0.2) is 31.9 Å². The summed E-state index contributed by atoms with van der Waals surface area (Å²) in [7, 11) is 1.68. The molecular formula is C17H26FNO2. The molecule has 118 valence electrons. The Morgan fingerprint density at radius 2 is 2.29 bits per heavy atom. The number of halogens is 1. The van der Waals surface area contributed by atoms with Crippen LogP contribution in [0.25, 0.3) is 0 Å². The lowest BCUT2D eigenvalue weighted by molar-refractivity contribution is -0.0436. The second kappa shape index (κ2) is 7.87. The van der Waals surface area contributed by atoms with Crippen LogP contribution in [-0.2, 0) is 10.3 Å². The Hall–Kier alpha value is -0.970. The Morgan fingerprint density at radius 3 is 2.95 bits per heavy atom. The van der Waals surface area contributed by atoms with Gasteiger partial charge in [0.15, 0.2) is 0 Å². The first-order chi connectivity index (χ1) is 10.2. The van der Waals surface area contributed by atoms with Crippen LogP contribution in [0.4, 0.5) is 4.39 Å². The summed E-state index contributed by atoms with van der Waals surface area (Å²) >= 11 is 0. The molecule has 0 bridgehead atoms. The first kappa shape index (κ1) is 16.4. The SMILES string of the molecule is COCCCCC(O)(c1cccc(F)c1)C1CCCNC1. The minimum absolute atomic E-state index is 0.135. The van der Waals surface area contributed by atoms with Gasteiger partial charge in [-0.3, -0.25) is 0 Å². The highest BCUT2D eigenvalue weighted by atomic mass is 19.1. The number of aliphatic hydroxyl groups is 1. The van der Waals surface area contributed by atoms with Crippen molar-refractivity contribution in [2.45, 2.75) is 37.7 Å². The molecular weight excluding hydrogens is 269 g/mol. The van der Waals surface area contributed by atoms with Gasteiger partial charge in [0.05, 0.1) is 5.60 Å². The third kappa shape index (κ3) is 4.25. The van der Waals surface area contributed by atoms with Gasteiger partial charge in [-0.15, -0.1) is 0 Å². The van der Waals surface area contributed by atoms with Gasteiger partial charge in [0.2, 0.25) is 0 Å². The van der Waals surface area contributed by atoms with E-state index in [4.69, 9.17) is 4.74 Å². The number of hydrogen-bond acceptors (Lipinski definition) is 3. The Bertz CT molecular complexity index is 435. The molecule has 1 fully saturated rings. The van der Waals surface area contributed by atoms with Gasteiger partial charge in [-0.25, -0.2) is 4.39 Å². The maximum Gasteiger partial charge on any atom is 0.123 e. The maximum absolute atomic E-state index is 13.6. The number of ether oxygens (including phenoxy) is 1. The Labute approximate surface area is 126 Å². The molecule has 0 radical (unpaired) electrons. The van der Waals surface area contributed by atoms with E-state index in [1.54, 1.807) is 13.2 Å². The van der Waals surface area contributed by atoms with Gasteiger partial charge in [-0.2, -0.15) is 0 Å². The lowest BCUT2D eigenvalue weighted by Crippen LogP contribution is -2.44. The lowest BCUT2D eigenvalue weighted by Gasteiger charge is -2.39. The molecule has 1 aromatic carbocycles. The zero-order valence-corrected chi connectivity index (χ0v) is 12.8. The fourth-order valence-electron chi connectivity index (χ4n) is 3.24. The van der Waals surface area contributed by atoms with Crippen LogP contribution >= 0.6 is 0 Å². The summed E-state index contributed by atoms with van der Waals surface area (Å²) in [6.45, 7) is 2.48. The van der Waals surface area contributed by atoms with E-state index in [9.17, 15) is 9.50 Å². The summed E-state index contributed by atoms with van der Waals surface area (Å²) in [6.07, 6.45) is 4.46. The molecule has 0 spiro atoms. The van der Waals surface area contributed by atoms with E-state index in [1.165, 1.54) is 12.1 Å². The third-order valence-electron chi connectivity index (χ3n) is 4.45. The van der Waals surface area contributed by atoms with Crippen molar-refractivity contribution in [3.8, 4) is 0 Å². The summed E-state index contributed by atoms with van der Waals surface area (Å²) in [6, 6.07) is 6.42. The van der Waals surface area contributed by atoms with E-state index in [2.05, 4.69) is 5.32 Å². The topological polar surface area (TPSA) is 41.5 Å². The second-order valence-corrected chi connectivity index (χ2v) is 5.93. The van der Waals surface area contributed by atoms with Crippen molar-refractivity contribution in [2.24, 2.45) is 5.92 Å². The van der Waals surface area contributed by atoms with E-state index in [0.717, 1.165) is 38.8 Å². The Balaban J connectivity index is 2.15. The zero-order chi connectivity index (χ0) is 15.1. The van der Waals surface area contributed by atoms with Crippen molar-refractivity contribution in [1.29, 1.82) is 0 Å². The van der Waals surface area contributed by atoms with Crippen LogP contribution in [0.1, 0.15) is 37.7 Å². The molecule has 2 rings (SSSR count). The van der Waals surface area contributed by atoms with E-state index in [0.29, 0.717) is 18.6 Å². The van der Waals surface area contributed by atoms with E-state index >= 15 is 0 Å². The normalized spacial score (nSPS) is 22.0. The standard InChI is InChI=1S/C17H26FNO2/c1-21-11-3-2-9-17(20,15-7-5-10-19-13-15)14-6-4-8-16(18)12-14/h4,6,8,12,15,19-20H,2-3,5,7,9-11,13H2,1H3. The predicted molar refractivity (Wildman–Crippen MR) is 81.6 cm³/mol. The number of benzene rings is 1. The highest BCUT2D eigenvalue weighted by Gasteiger charge is 2.38. The number of nitrogens with one attached hydrogen (secondary N) is 1. The smallest absolute Gasteiger partial charge is 0.123 e. The molecule has 1 heterocycles. The molecule has 1 aromatic rings. The minimum atomic E-state index is -0.955. The van der Waals surface area contributed by atoms with E-state index in [1.807, 2.05) is 6.07 Å². The largest absolute Gasteiger partial charge is 0.385 e. The van der Waals surface area contributed by atoms with Crippen LogP contribution in [0.3, 0.4) is 0 Å². The predicted octanol–water partition coefficient (Wildman–Crippen LogP) is 2.83. The molecule has 3 nitrogen and oxygen atoms in total. The monoisotopic (exact) mass is 295 g/mol. The minimum Gasteiger partial charge on any atom is -0.385 e. The Morgan fingerprint density at radius 1 is 1.43 bits per heavy atom. The average Bonchev–Trinajstić information content (AvgIpc) is 2.52. The summed E-state index contributed by atoms with van der Waals surface area (Å²) in [5.74, 6) is -0.151. The molecule has 2 unspecified atom stereocenters. The number of methoxy groups -OCH3 is 1.